The number of hydrogen-bond donors (Lipinski definition) is 0. The van der Waals surface area contributed by atoms with Crippen LogP contribution in [0.2, 0.25) is 5.02 Å². The van der Waals surface area contributed by atoms with Crippen LogP contribution in [0.1, 0.15) is 22.5 Å². The van der Waals surface area contributed by atoms with Gasteiger partial charge in [0.25, 0.3) is 0 Å². The molecule has 0 bridgehead atoms. The molecule has 0 N–H and O–H groups in total. The molecule has 4 rings (SSSR count). The number of hydrogen-bond acceptors (Lipinski definition) is 4. The zero-order valence-electron chi connectivity index (χ0n) is 16.7. The Morgan fingerprint density at radius 3 is 2.13 bits per heavy atom. The molecule has 0 atom stereocenters. The van der Waals surface area contributed by atoms with E-state index in [2.05, 4.69) is 75.0 Å². The fourth-order valence-electron chi connectivity index (χ4n) is 3.47. The number of aryl methyl sites for hydroxylation is 2. The Morgan fingerprint density at radius 2 is 1.40 bits per heavy atom. The van der Waals surface area contributed by atoms with Gasteiger partial charge in [0.15, 0.2) is 5.82 Å². The van der Waals surface area contributed by atoms with Crippen LogP contribution >= 0.6 is 11.6 Å². The highest BCUT2D eigenvalue weighted by atomic mass is 35.5. The molecule has 152 valence electrons. The van der Waals surface area contributed by atoms with Gasteiger partial charge in [-0.25, -0.2) is 4.68 Å². The number of halogens is 1. The van der Waals surface area contributed by atoms with Crippen molar-refractivity contribution in [1.29, 1.82) is 0 Å². The van der Waals surface area contributed by atoms with Gasteiger partial charge >= 0.3 is 0 Å². The van der Waals surface area contributed by atoms with Crippen molar-refractivity contribution >= 4 is 11.6 Å². The first-order valence-electron chi connectivity index (χ1n) is 10.1. The van der Waals surface area contributed by atoms with Gasteiger partial charge in [-0.15, -0.1) is 5.10 Å². The molecule has 0 aliphatic heterocycles. The molecule has 0 saturated carbocycles. The Morgan fingerprint density at radius 1 is 0.733 bits per heavy atom. The van der Waals surface area contributed by atoms with Gasteiger partial charge in [0, 0.05) is 24.7 Å². The Hall–Kier alpha value is -3.02. The standard InChI is InChI=1S/C24H24ClN5/c25-23-14-8-7-13-22(23)18-29(17-21-11-5-2-6-12-21)19-24-26-27-28-30(24)16-15-20-9-3-1-4-10-20/h1-14H,15-19H2. The van der Waals surface area contributed by atoms with Gasteiger partial charge in [0.05, 0.1) is 6.54 Å². The van der Waals surface area contributed by atoms with E-state index in [1.165, 1.54) is 11.1 Å². The molecule has 0 spiro atoms. The van der Waals surface area contributed by atoms with E-state index < -0.39 is 0 Å². The molecular formula is C24H24ClN5. The first-order valence-corrected chi connectivity index (χ1v) is 10.4. The predicted molar refractivity (Wildman–Crippen MR) is 119 cm³/mol. The molecule has 0 aliphatic carbocycles. The third-order valence-electron chi connectivity index (χ3n) is 5.03. The lowest BCUT2D eigenvalue weighted by Gasteiger charge is -2.22. The predicted octanol–water partition coefficient (Wildman–Crippen LogP) is 4.77. The van der Waals surface area contributed by atoms with Gasteiger partial charge in [-0.1, -0.05) is 90.5 Å². The van der Waals surface area contributed by atoms with Gasteiger partial charge in [-0.05, 0) is 39.6 Å². The Labute approximate surface area is 181 Å². The summed E-state index contributed by atoms with van der Waals surface area (Å²) in [5.74, 6) is 0.855. The summed E-state index contributed by atoms with van der Waals surface area (Å²) in [7, 11) is 0. The van der Waals surface area contributed by atoms with E-state index in [-0.39, 0.29) is 0 Å². The van der Waals surface area contributed by atoms with E-state index in [0.29, 0.717) is 6.54 Å². The van der Waals surface area contributed by atoms with Crippen LogP contribution < -0.4 is 0 Å². The second-order valence-corrected chi connectivity index (χ2v) is 7.68. The molecule has 30 heavy (non-hydrogen) atoms. The molecule has 0 fully saturated rings. The van der Waals surface area contributed by atoms with E-state index in [9.17, 15) is 0 Å². The van der Waals surface area contributed by atoms with Crippen molar-refractivity contribution in [3.63, 3.8) is 0 Å². The summed E-state index contributed by atoms with van der Waals surface area (Å²) in [6.45, 7) is 2.90. The summed E-state index contributed by atoms with van der Waals surface area (Å²) in [5, 5.41) is 13.2. The average molecular weight is 418 g/mol. The van der Waals surface area contributed by atoms with Crippen LogP contribution in [-0.2, 0) is 32.6 Å². The Bertz CT molecular complexity index is 1050. The van der Waals surface area contributed by atoms with Crippen molar-refractivity contribution < 1.29 is 0 Å². The zero-order valence-corrected chi connectivity index (χ0v) is 17.5. The van der Waals surface area contributed by atoms with Crippen LogP contribution in [0.25, 0.3) is 0 Å². The molecule has 0 aliphatic rings. The maximum Gasteiger partial charge on any atom is 0.165 e. The molecule has 5 nitrogen and oxygen atoms in total. The molecule has 0 amide bonds. The van der Waals surface area contributed by atoms with Crippen LogP contribution in [0.5, 0.6) is 0 Å². The van der Waals surface area contributed by atoms with Gasteiger partial charge in [-0.2, -0.15) is 0 Å². The smallest absolute Gasteiger partial charge is 0.165 e. The summed E-state index contributed by atoms with van der Waals surface area (Å²) in [4.78, 5) is 2.32. The lowest BCUT2D eigenvalue weighted by molar-refractivity contribution is 0.236. The van der Waals surface area contributed by atoms with Gasteiger partial charge in [0.2, 0.25) is 0 Å². The third kappa shape index (κ3) is 5.53. The van der Waals surface area contributed by atoms with E-state index >= 15 is 0 Å². The Balaban J connectivity index is 1.50. The van der Waals surface area contributed by atoms with Crippen molar-refractivity contribution in [2.24, 2.45) is 0 Å². The highest BCUT2D eigenvalue weighted by Crippen LogP contribution is 2.19. The van der Waals surface area contributed by atoms with Gasteiger partial charge in [0.1, 0.15) is 0 Å². The SMILES string of the molecule is Clc1ccccc1CN(Cc1ccccc1)Cc1nnnn1CCc1ccccc1. The molecule has 1 aromatic heterocycles. The van der Waals surface area contributed by atoms with Crippen molar-refractivity contribution in [2.75, 3.05) is 0 Å². The summed E-state index contributed by atoms with van der Waals surface area (Å²) in [6.07, 6.45) is 0.891. The summed E-state index contributed by atoms with van der Waals surface area (Å²) in [6, 6.07) is 28.8. The molecule has 0 unspecified atom stereocenters. The molecule has 1 heterocycles. The molecule has 6 heteroatoms. The quantitative estimate of drug-likeness (QED) is 0.393. The van der Waals surface area contributed by atoms with E-state index in [1.807, 2.05) is 35.0 Å². The maximum absolute atomic E-state index is 6.43. The second-order valence-electron chi connectivity index (χ2n) is 7.28. The first-order chi connectivity index (χ1) is 14.8. The summed E-state index contributed by atoms with van der Waals surface area (Å²) >= 11 is 6.43. The van der Waals surface area contributed by atoms with Crippen molar-refractivity contribution in [1.82, 2.24) is 25.1 Å². The van der Waals surface area contributed by atoms with Gasteiger partial charge in [-0.3, -0.25) is 4.90 Å². The molecule has 0 radical (unpaired) electrons. The lowest BCUT2D eigenvalue weighted by atomic mass is 10.1. The van der Waals surface area contributed by atoms with E-state index in [4.69, 9.17) is 11.6 Å². The normalized spacial score (nSPS) is 11.1. The summed E-state index contributed by atoms with van der Waals surface area (Å²) < 4.78 is 1.90. The summed E-state index contributed by atoms with van der Waals surface area (Å²) in [5.41, 5.74) is 3.61. The molecule has 0 saturated heterocycles. The van der Waals surface area contributed by atoms with Crippen molar-refractivity contribution in [2.45, 2.75) is 32.6 Å². The molecular weight excluding hydrogens is 394 g/mol. The van der Waals surface area contributed by atoms with Crippen molar-refractivity contribution in [3.8, 4) is 0 Å². The number of aromatic nitrogens is 4. The number of nitrogens with zero attached hydrogens (tertiary/aromatic N) is 5. The molecule has 3 aromatic carbocycles. The highest BCUT2D eigenvalue weighted by Gasteiger charge is 2.15. The van der Waals surface area contributed by atoms with E-state index in [0.717, 1.165) is 42.5 Å². The minimum atomic E-state index is 0.641. The minimum absolute atomic E-state index is 0.641. The second kappa shape index (κ2) is 10.1. The van der Waals surface area contributed by atoms with Gasteiger partial charge < -0.3 is 0 Å². The number of tetrazole rings is 1. The first kappa shape index (κ1) is 20.3. The fraction of sp³-hybridized carbons (Fsp3) is 0.208. The van der Waals surface area contributed by atoms with Crippen LogP contribution in [0.3, 0.4) is 0 Å². The Kier molecular flexibility index (Phi) is 6.85. The van der Waals surface area contributed by atoms with Crippen LogP contribution in [0.15, 0.2) is 84.9 Å². The molecule has 4 aromatic rings. The van der Waals surface area contributed by atoms with Crippen molar-refractivity contribution in [3.05, 3.63) is 112 Å². The number of benzene rings is 3. The van der Waals surface area contributed by atoms with E-state index in [1.54, 1.807) is 0 Å². The average Bonchev–Trinajstić information content (AvgIpc) is 3.22. The number of rotatable bonds is 9. The monoisotopic (exact) mass is 417 g/mol. The van der Waals surface area contributed by atoms with Crippen LogP contribution in [-0.4, -0.2) is 25.1 Å². The topological polar surface area (TPSA) is 46.8 Å². The maximum atomic E-state index is 6.43. The minimum Gasteiger partial charge on any atom is -0.287 e. The largest absolute Gasteiger partial charge is 0.287 e. The zero-order chi connectivity index (χ0) is 20.6. The van der Waals surface area contributed by atoms with Crippen LogP contribution in [0.4, 0.5) is 0 Å². The third-order valence-corrected chi connectivity index (χ3v) is 5.40. The fourth-order valence-corrected chi connectivity index (χ4v) is 3.66. The highest BCUT2D eigenvalue weighted by molar-refractivity contribution is 6.31. The lowest BCUT2D eigenvalue weighted by Crippen LogP contribution is -2.25. The van der Waals surface area contributed by atoms with Crippen LogP contribution in [0, 0.1) is 0 Å².